The van der Waals surface area contributed by atoms with Crippen molar-refractivity contribution in [2.24, 2.45) is 0 Å². The Hall–Kier alpha value is -1.57. The summed E-state index contributed by atoms with van der Waals surface area (Å²) in [6.45, 7) is 1.79. The highest BCUT2D eigenvalue weighted by Crippen LogP contribution is 2.27. The minimum atomic E-state index is -3.02. The van der Waals surface area contributed by atoms with E-state index in [2.05, 4.69) is 10.4 Å². The van der Waals surface area contributed by atoms with Crippen LogP contribution in [0.5, 0.6) is 0 Å². The van der Waals surface area contributed by atoms with Crippen LogP contribution in [0.25, 0.3) is 0 Å². The summed E-state index contributed by atoms with van der Waals surface area (Å²) < 4.78 is 24.9. The second-order valence-corrected chi connectivity index (χ2v) is 8.82. The van der Waals surface area contributed by atoms with Crippen molar-refractivity contribution in [1.82, 2.24) is 9.78 Å². The van der Waals surface area contributed by atoms with E-state index in [0.717, 1.165) is 5.69 Å². The number of aryl methyl sites for hydroxylation is 1. The Kier molecular flexibility index (Phi) is 4.59. The summed E-state index contributed by atoms with van der Waals surface area (Å²) in [6, 6.07) is 6.16. The number of hydrogen-bond donors (Lipinski definition) is 1. The SMILES string of the molecule is Cc1cc(C(=O)Nc2cc(Cl)ccc2Cl)nn1C1CCS(=O)(=O)C1. The maximum atomic E-state index is 12.4. The summed E-state index contributed by atoms with van der Waals surface area (Å²) >= 11 is 11.9. The van der Waals surface area contributed by atoms with E-state index >= 15 is 0 Å². The number of aromatic nitrogens is 2. The van der Waals surface area contributed by atoms with Crippen molar-refractivity contribution >= 4 is 44.6 Å². The van der Waals surface area contributed by atoms with Crippen LogP contribution < -0.4 is 5.32 Å². The highest BCUT2D eigenvalue weighted by molar-refractivity contribution is 7.91. The molecule has 0 spiro atoms. The quantitative estimate of drug-likeness (QED) is 0.876. The van der Waals surface area contributed by atoms with Crippen molar-refractivity contribution in [2.75, 3.05) is 16.8 Å². The maximum absolute atomic E-state index is 12.4. The first-order valence-corrected chi connectivity index (χ1v) is 9.86. The van der Waals surface area contributed by atoms with Gasteiger partial charge in [0.2, 0.25) is 0 Å². The Morgan fingerprint density at radius 2 is 2.08 bits per heavy atom. The van der Waals surface area contributed by atoms with Gasteiger partial charge in [-0.2, -0.15) is 5.10 Å². The van der Waals surface area contributed by atoms with Crippen LogP contribution in [-0.2, 0) is 9.84 Å². The summed E-state index contributed by atoms with van der Waals surface area (Å²) in [5.74, 6) is -0.227. The number of amides is 1. The molecule has 0 saturated carbocycles. The van der Waals surface area contributed by atoms with E-state index in [0.29, 0.717) is 22.2 Å². The van der Waals surface area contributed by atoms with Gasteiger partial charge in [0.15, 0.2) is 15.5 Å². The molecule has 9 heteroatoms. The van der Waals surface area contributed by atoms with Gasteiger partial charge in [-0.3, -0.25) is 9.48 Å². The summed E-state index contributed by atoms with van der Waals surface area (Å²) in [5.41, 5.74) is 1.33. The van der Waals surface area contributed by atoms with Gasteiger partial charge >= 0.3 is 0 Å². The number of halogens is 2. The fourth-order valence-electron chi connectivity index (χ4n) is 2.72. The van der Waals surface area contributed by atoms with Gasteiger partial charge in [-0.25, -0.2) is 8.42 Å². The fraction of sp³-hybridized carbons (Fsp3) is 0.333. The standard InChI is InChI=1S/C15H15Cl2N3O3S/c1-9-6-14(19-20(9)11-4-5-24(22,23)8-11)15(21)18-13-7-10(16)2-3-12(13)17/h2-3,6-7,11H,4-5,8H2,1H3,(H,18,21). The third kappa shape index (κ3) is 3.58. The lowest BCUT2D eigenvalue weighted by atomic mass is 10.2. The lowest BCUT2D eigenvalue weighted by Gasteiger charge is -2.10. The molecule has 1 unspecified atom stereocenters. The number of anilines is 1. The minimum absolute atomic E-state index is 0.0523. The highest BCUT2D eigenvalue weighted by atomic mass is 35.5. The van der Waals surface area contributed by atoms with Crippen molar-refractivity contribution in [3.63, 3.8) is 0 Å². The Morgan fingerprint density at radius 3 is 2.75 bits per heavy atom. The van der Waals surface area contributed by atoms with E-state index in [1.165, 1.54) is 0 Å². The van der Waals surface area contributed by atoms with Crippen LogP contribution >= 0.6 is 23.2 Å². The smallest absolute Gasteiger partial charge is 0.276 e. The van der Waals surface area contributed by atoms with Crippen LogP contribution in [-0.4, -0.2) is 35.6 Å². The first kappa shape index (κ1) is 17.3. The van der Waals surface area contributed by atoms with Crippen molar-refractivity contribution in [1.29, 1.82) is 0 Å². The molecule has 0 aliphatic carbocycles. The minimum Gasteiger partial charge on any atom is -0.319 e. The first-order valence-electron chi connectivity index (χ1n) is 7.28. The number of hydrogen-bond acceptors (Lipinski definition) is 4. The summed E-state index contributed by atoms with van der Waals surface area (Å²) in [6.07, 6.45) is 0.506. The number of nitrogens with one attached hydrogen (secondary N) is 1. The zero-order valence-corrected chi connectivity index (χ0v) is 15.1. The van der Waals surface area contributed by atoms with E-state index < -0.39 is 15.7 Å². The van der Waals surface area contributed by atoms with Crippen molar-refractivity contribution in [3.8, 4) is 0 Å². The molecule has 1 N–H and O–H groups in total. The van der Waals surface area contributed by atoms with Crippen LogP contribution in [0.15, 0.2) is 24.3 Å². The van der Waals surface area contributed by atoms with Crippen molar-refractivity contribution < 1.29 is 13.2 Å². The Bertz CT molecular complexity index is 909. The zero-order chi connectivity index (χ0) is 17.5. The molecule has 1 aliphatic heterocycles. The Labute approximate surface area is 149 Å². The van der Waals surface area contributed by atoms with Gasteiger partial charge in [-0.15, -0.1) is 0 Å². The molecule has 2 heterocycles. The highest BCUT2D eigenvalue weighted by Gasteiger charge is 2.31. The topological polar surface area (TPSA) is 81.1 Å². The second-order valence-electron chi connectivity index (χ2n) is 5.75. The van der Waals surface area contributed by atoms with Gasteiger partial charge in [0, 0.05) is 10.7 Å². The Balaban J connectivity index is 1.82. The molecule has 24 heavy (non-hydrogen) atoms. The average Bonchev–Trinajstić information content (AvgIpc) is 3.05. The van der Waals surface area contributed by atoms with E-state index in [1.807, 2.05) is 0 Å². The molecule has 0 bridgehead atoms. The second kappa shape index (κ2) is 6.38. The number of rotatable bonds is 3. The monoisotopic (exact) mass is 387 g/mol. The predicted octanol–water partition coefficient (Wildman–Crippen LogP) is 3.11. The van der Waals surface area contributed by atoms with Crippen molar-refractivity contribution in [3.05, 3.63) is 45.7 Å². The van der Waals surface area contributed by atoms with E-state index in [4.69, 9.17) is 23.2 Å². The van der Waals surface area contributed by atoms with Gasteiger partial charge in [0.1, 0.15) is 0 Å². The van der Waals surface area contributed by atoms with Crippen LogP contribution in [0.3, 0.4) is 0 Å². The van der Waals surface area contributed by atoms with Gasteiger partial charge in [0.25, 0.3) is 5.91 Å². The number of carbonyl (C=O) groups excluding carboxylic acids is 1. The number of nitrogens with zero attached hydrogens (tertiary/aromatic N) is 2. The molecule has 6 nitrogen and oxygen atoms in total. The fourth-order valence-corrected chi connectivity index (χ4v) is 4.75. The molecule has 1 atom stereocenters. The van der Waals surface area contributed by atoms with E-state index in [-0.39, 0.29) is 23.2 Å². The Morgan fingerprint density at radius 1 is 1.33 bits per heavy atom. The molecule has 128 valence electrons. The van der Waals surface area contributed by atoms with Gasteiger partial charge in [-0.1, -0.05) is 23.2 Å². The molecule has 3 rings (SSSR count). The molecule has 1 aromatic carbocycles. The normalized spacial score (nSPS) is 19.4. The maximum Gasteiger partial charge on any atom is 0.276 e. The van der Waals surface area contributed by atoms with Crippen molar-refractivity contribution in [2.45, 2.75) is 19.4 Å². The summed E-state index contributed by atoms with van der Waals surface area (Å²) in [4.78, 5) is 12.4. The molecular weight excluding hydrogens is 373 g/mol. The van der Waals surface area contributed by atoms with Gasteiger partial charge in [0.05, 0.1) is 28.3 Å². The zero-order valence-electron chi connectivity index (χ0n) is 12.8. The molecule has 2 aromatic rings. The lowest BCUT2D eigenvalue weighted by Crippen LogP contribution is -2.16. The lowest BCUT2D eigenvalue weighted by molar-refractivity contribution is 0.102. The van der Waals surface area contributed by atoms with Gasteiger partial charge in [-0.05, 0) is 37.6 Å². The first-order chi connectivity index (χ1) is 11.2. The molecular formula is C15H15Cl2N3O3S. The van der Waals surface area contributed by atoms with E-state index in [1.54, 1.807) is 35.9 Å². The molecule has 1 aliphatic rings. The number of carbonyl (C=O) groups is 1. The number of benzene rings is 1. The van der Waals surface area contributed by atoms with Crippen LogP contribution in [0.4, 0.5) is 5.69 Å². The predicted molar refractivity (Wildman–Crippen MR) is 93.7 cm³/mol. The number of sulfone groups is 1. The molecule has 1 fully saturated rings. The third-order valence-corrected chi connectivity index (χ3v) is 6.20. The van der Waals surface area contributed by atoms with Crippen LogP contribution in [0, 0.1) is 6.92 Å². The molecule has 1 amide bonds. The van der Waals surface area contributed by atoms with Crippen LogP contribution in [0.1, 0.15) is 28.6 Å². The van der Waals surface area contributed by atoms with E-state index in [9.17, 15) is 13.2 Å². The third-order valence-electron chi connectivity index (χ3n) is 3.89. The van der Waals surface area contributed by atoms with Crippen LogP contribution in [0.2, 0.25) is 10.0 Å². The van der Waals surface area contributed by atoms with Gasteiger partial charge < -0.3 is 5.32 Å². The molecule has 0 radical (unpaired) electrons. The summed E-state index contributed by atoms with van der Waals surface area (Å²) in [7, 11) is -3.02. The molecule has 1 saturated heterocycles. The summed E-state index contributed by atoms with van der Waals surface area (Å²) in [5, 5.41) is 7.75. The largest absolute Gasteiger partial charge is 0.319 e. The molecule has 1 aromatic heterocycles. The average molecular weight is 388 g/mol.